The number of nitrogens with zero attached hydrogens (tertiary/aromatic N) is 4. The number of nitrogens with one attached hydrogen (secondary N) is 4. The average molecular weight is 377 g/mol. The van der Waals surface area contributed by atoms with Gasteiger partial charge in [0, 0.05) is 30.4 Å². The van der Waals surface area contributed by atoms with Gasteiger partial charge in [0.1, 0.15) is 17.7 Å². The lowest BCUT2D eigenvalue weighted by Gasteiger charge is -2.23. The van der Waals surface area contributed by atoms with Gasteiger partial charge in [-0.05, 0) is 25.0 Å². The van der Waals surface area contributed by atoms with Crippen molar-refractivity contribution >= 4 is 28.5 Å². The smallest absolute Gasteiger partial charge is 0.173 e. The highest BCUT2D eigenvalue weighted by Crippen LogP contribution is 2.21. The molecule has 1 aromatic carbocycles. The third-order valence-electron chi connectivity index (χ3n) is 4.70. The van der Waals surface area contributed by atoms with E-state index in [4.69, 9.17) is 5.73 Å². The summed E-state index contributed by atoms with van der Waals surface area (Å²) in [5.41, 5.74) is 12.1. The molecule has 144 valence electrons. The molecule has 3 heterocycles. The maximum absolute atomic E-state index is 6.06. The fourth-order valence-electron chi connectivity index (χ4n) is 3.12. The number of aryl methyl sites for hydroxylation is 1. The Morgan fingerprint density at radius 3 is 2.86 bits per heavy atom. The number of hydrogen-bond donors (Lipinski definition) is 5. The number of imidazole rings is 1. The van der Waals surface area contributed by atoms with Gasteiger partial charge in [-0.2, -0.15) is 0 Å². The number of rotatable bonds is 5. The van der Waals surface area contributed by atoms with E-state index in [1.54, 1.807) is 6.33 Å². The second-order valence-electron chi connectivity index (χ2n) is 6.58. The van der Waals surface area contributed by atoms with Crippen LogP contribution in [0.5, 0.6) is 0 Å². The highest BCUT2D eigenvalue weighted by Gasteiger charge is 2.15. The minimum absolute atomic E-state index is 0.485. The number of amidine groups is 1. The zero-order valence-corrected chi connectivity index (χ0v) is 15.8. The number of nitrogens with two attached hydrogens (primary N) is 1. The van der Waals surface area contributed by atoms with Crippen LogP contribution >= 0.6 is 0 Å². The summed E-state index contributed by atoms with van der Waals surface area (Å²) in [6.07, 6.45) is 4.61. The molecule has 0 spiro atoms. The lowest BCUT2D eigenvalue weighted by atomic mass is 10.00. The zero-order chi connectivity index (χ0) is 19.5. The van der Waals surface area contributed by atoms with Gasteiger partial charge in [0.05, 0.1) is 6.33 Å². The van der Waals surface area contributed by atoms with Crippen LogP contribution in [0.15, 0.2) is 41.9 Å². The van der Waals surface area contributed by atoms with Crippen LogP contribution in [0.25, 0.3) is 16.9 Å². The normalized spacial score (nSPS) is 16.3. The largest absolute Gasteiger partial charge is 0.368 e. The fraction of sp³-hybridized carbons (Fsp3) is 0.263. The minimum atomic E-state index is -0.485. The highest BCUT2D eigenvalue weighted by atomic mass is 15.2. The Labute approximate surface area is 162 Å². The third kappa shape index (κ3) is 3.65. The van der Waals surface area contributed by atoms with Crippen molar-refractivity contribution in [2.24, 2.45) is 10.7 Å². The molecule has 0 saturated heterocycles. The van der Waals surface area contributed by atoms with Gasteiger partial charge < -0.3 is 20.9 Å². The lowest BCUT2D eigenvalue weighted by molar-refractivity contribution is 0.642. The van der Waals surface area contributed by atoms with E-state index in [1.165, 1.54) is 17.5 Å². The van der Waals surface area contributed by atoms with Gasteiger partial charge in [0.25, 0.3) is 0 Å². The molecule has 1 atom stereocenters. The van der Waals surface area contributed by atoms with Gasteiger partial charge in [0.2, 0.25) is 0 Å². The predicted octanol–water partition coefficient (Wildman–Crippen LogP) is 1.26. The molecule has 0 bridgehead atoms. The van der Waals surface area contributed by atoms with Crippen molar-refractivity contribution < 1.29 is 0 Å². The summed E-state index contributed by atoms with van der Waals surface area (Å²) in [4.78, 5) is 20.0. The van der Waals surface area contributed by atoms with Crippen LogP contribution in [-0.2, 0) is 0 Å². The highest BCUT2D eigenvalue weighted by molar-refractivity contribution is 6.00. The van der Waals surface area contributed by atoms with Gasteiger partial charge in [-0.25, -0.2) is 19.9 Å². The van der Waals surface area contributed by atoms with Gasteiger partial charge >= 0.3 is 0 Å². The van der Waals surface area contributed by atoms with Crippen molar-refractivity contribution in [3.05, 3.63) is 53.6 Å². The molecule has 1 aliphatic rings. The monoisotopic (exact) mass is 377 g/mol. The van der Waals surface area contributed by atoms with E-state index in [1.807, 2.05) is 12.1 Å². The first-order valence-electron chi connectivity index (χ1n) is 9.12. The van der Waals surface area contributed by atoms with Crippen molar-refractivity contribution in [2.45, 2.75) is 20.1 Å². The van der Waals surface area contributed by atoms with Crippen LogP contribution in [0.3, 0.4) is 0 Å². The van der Waals surface area contributed by atoms with Crippen molar-refractivity contribution in [1.82, 2.24) is 30.6 Å². The SMILES string of the molecule is Cc1cccc(C2=CC(NCCNc3ncnc4[nH]cnc34)=NC(N)N2)c1C. The number of benzene rings is 1. The van der Waals surface area contributed by atoms with E-state index in [-0.39, 0.29) is 0 Å². The first kappa shape index (κ1) is 17.9. The molecule has 0 amide bonds. The van der Waals surface area contributed by atoms with Crippen LogP contribution in [0.2, 0.25) is 0 Å². The molecule has 1 aliphatic heterocycles. The standard InChI is InChI=1S/C19H23N9/c1-11-4-3-5-13(12(11)2)14-8-15(28-19(20)27-14)21-6-7-22-17-16-18(24-9-23-16)26-10-25-17/h3-5,8-10,19,27H,6-7,20H2,1-2H3,(H,21,28)(H2,22,23,24,25,26). The summed E-state index contributed by atoms with van der Waals surface area (Å²) in [5.74, 6) is 1.44. The minimum Gasteiger partial charge on any atom is -0.368 e. The van der Waals surface area contributed by atoms with Gasteiger partial charge in [-0.3, -0.25) is 5.73 Å². The molecule has 4 rings (SSSR count). The second-order valence-corrected chi connectivity index (χ2v) is 6.58. The number of hydrogen-bond acceptors (Lipinski definition) is 8. The number of fused-ring (bicyclic) bond motifs is 1. The number of anilines is 1. The second kappa shape index (κ2) is 7.65. The summed E-state index contributed by atoms with van der Waals surface area (Å²) in [5, 5.41) is 9.81. The van der Waals surface area contributed by atoms with Crippen LogP contribution in [-0.4, -0.2) is 45.2 Å². The first-order valence-corrected chi connectivity index (χ1v) is 9.12. The van der Waals surface area contributed by atoms with E-state index in [2.05, 4.69) is 66.9 Å². The third-order valence-corrected chi connectivity index (χ3v) is 4.70. The van der Waals surface area contributed by atoms with Crippen molar-refractivity contribution in [3.8, 4) is 0 Å². The van der Waals surface area contributed by atoms with Crippen LogP contribution in [0.1, 0.15) is 16.7 Å². The number of aromatic nitrogens is 4. The Bertz CT molecular complexity index is 1050. The molecule has 6 N–H and O–H groups in total. The Morgan fingerprint density at radius 2 is 1.96 bits per heavy atom. The van der Waals surface area contributed by atoms with Gasteiger partial charge in [0.15, 0.2) is 17.8 Å². The van der Waals surface area contributed by atoms with E-state index in [0.717, 1.165) is 22.6 Å². The van der Waals surface area contributed by atoms with Gasteiger partial charge in [-0.15, -0.1) is 0 Å². The van der Waals surface area contributed by atoms with Crippen molar-refractivity contribution in [2.75, 3.05) is 18.4 Å². The molecule has 9 nitrogen and oxygen atoms in total. The quantitative estimate of drug-likeness (QED) is 0.423. The molecule has 1 unspecified atom stereocenters. The molecule has 3 aromatic rings. The molecule has 0 saturated carbocycles. The van der Waals surface area contributed by atoms with Crippen LogP contribution < -0.4 is 21.7 Å². The number of H-pyrrole nitrogens is 1. The Hall–Kier alpha value is -3.46. The van der Waals surface area contributed by atoms with E-state index >= 15 is 0 Å². The summed E-state index contributed by atoms with van der Waals surface area (Å²) >= 11 is 0. The number of aromatic amines is 1. The van der Waals surface area contributed by atoms with Crippen LogP contribution in [0.4, 0.5) is 5.82 Å². The Kier molecular flexibility index (Phi) is 4.90. The molecule has 2 aromatic heterocycles. The summed E-state index contributed by atoms with van der Waals surface area (Å²) < 4.78 is 0. The van der Waals surface area contributed by atoms with Crippen molar-refractivity contribution in [1.29, 1.82) is 0 Å². The molecule has 28 heavy (non-hydrogen) atoms. The predicted molar refractivity (Wildman–Crippen MR) is 111 cm³/mol. The van der Waals surface area contributed by atoms with Crippen LogP contribution in [0, 0.1) is 13.8 Å². The molecule has 0 fully saturated rings. The zero-order valence-electron chi connectivity index (χ0n) is 15.8. The summed E-state index contributed by atoms with van der Waals surface area (Å²) in [6.45, 7) is 5.51. The maximum atomic E-state index is 6.06. The molecule has 9 heteroatoms. The Balaban J connectivity index is 1.41. The summed E-state index contributed by atoms with van der Waals surface area (Å²) in [6, 6.07) is 6.24. The lowest BCUT2D eigenvalue weighted by Crippen LogP contribution is -2.41. The van der Waals surface area contributed by atoms with E-state index < -0.39 is 6.29 Å². The first-order chi connectivity index (χ1) is 13.6. The van der Waals surface area contributed by atoms with E-state index in [9.17, 15) is 0 Å². The molecule has 0 aliphatic carbocycles. The molecular weight excluding hydrogens is 354 g/mol. The topological polar surface area (TPSA) is 129 Å². The fourth-order valence-corrected chi connectivity index (χ4v) is 3.12. The van der Waals surface area contributed by atoms with Crippen molar-refractivity contribution in [3.63, 3.8) is 0 Å². The van der Waals surface area contributed by atoms with Gasteiger partial charge in [-0.1, -0.05) is 18.2 Å². The summed E-state index contributed by atoms with van der Waals surface area (Å²) in [7, 11) is 0. The number of aliphatic imine (C=N–C) groups is 1. The molecule has 0 radical (unpaired) electrons. The average Bonchev–Trinajstić information content (AvgIpc) is 3.16. The maximum Gasteiger partial charge on any atom is 0.173 e. The Morgan fingerprint density at radius 1 is 1.11 bits per heavy atom. The van der Waals surface area contributed by atoms with E-state index in [0.29, 0.717) is 24.6 Å². The molecular formula is C19H23N9.